The second-order valence-electron chi connectivity index (χ2n) is 5.29. The number of benzene rings is 1. The predicted molar refractivity (Wildman–Crippen MR) is 76.9 cm³/mol. The topological polar surface area (TPSA) is 58.4 Å². The number of amides is 1. The van der Waals surface area contributed by atoms with Crippen molar-refractivity contribution >= 4 is 5.91 Å². The van der Waals surface area contributed by atoms with E-state index in [1.807, 2.05) is 24.3 Å². The lowest BCUT2D eigenvalue weighted by molar-refractivity contribution is 0.0932. The Morgan fingerprint density at radius 2 is 2.16 bits per heavy atom. The molecule has 104 valence electrons. The minimum absolute atomic E-state index is 0.0120. The Kier molecular flexibility index (Phi) is 4.93. The molecule has 1 amide bonds. The molecule has 4 heteroatoms. The zero-order valence-corrected chi connectivity index (χ0v) is 11.6. The Bertz CT molecular complexity index is 427. The Morgan fingerprint density at radius 3 is 2.84 bits per heavy atom. The van der Waals surface area contributed by atoms with Gasteiger partial charge in [-0.15, -0.1) is 0 Å². The minimum Gasteiger partial charge on any atom is -0.348 e. The molecule has 1 aromatic rings. The molecule has 0 saturated carbocycles. The highest BCUT2D eigenvalue weighted by Gasteiger charge is 2.16. The third kappa shape index (κ3) is 4.04. The Balaban J connectivity index is 1.88. The van der Waals surface area contributed by atoms with Crippen LogP contribution in [0, 0.1) is 0 Å². The van der Waals surface area contributed by atoms with Crippen LogP contribution in [0.5, 0.6) is 0 Å². The third-order valence-electron chi connectivity index (χ3n) is 3.53. The summed E-state index contributed by atoms with van der Waals surface area (Å²) in [5.41, 5.74) is 7.27. The van der Waals surface area contributed by atoms with Crippen LogP contribution in [0.4, 0.5) is 0 Å². The van der Waals surface area contributed by atoms with Gasteiger partial charge in [0.1, 0.15) is 0 Å². The molecule has 1 aliphatic rings. The molecule has 0 bridgehead atoms. The number of hydrogen-bond donors (Lipinski definition) is 2. The molecule has 0 aliphatic carbocycles. The van der Waals surface area contributed by atoms with Gasteiger partial charge in [0.15, 0.2) is 0 Å². The van der Waals surface area contributed by atoms with Gasteiger partial charge in [-0.25, -0.2) is 0 Å². The lowest BCUT2D eigenvalue weighted by Gasteiger charge is -2.21. The fraction of sp³-hybridized carbons (Fsp3) is 0.533. The van der Waals surface area contributed by atoms with Crippen LogP contribution in [0.25, 0.3) is 0 Å². The number of nitrogens with one attached hydrogen (secondary N) is 1. The molecule has 1 heterocycles. The quantitative estimate of drug-likeness (QED) is 0.841. The van der Waals surface area contributed by atoms with E-state index in [1.54, 1.807) is 0 Å². The van der Waals surface area contributed by atoms with Crippen molar-refractivity contribution in [3.05, 3.63) is 35.4 Å². The number of carbonyl (C=O) groups is 1. The summed E-state index contributed by atoms with van der Waals surface area (Å²) in [7, 11) is 0. The summed E-state index contributed by atoms with van der Waals surface area (Å²) in [4.78, 5) is 14.5. The molecule has 0 aromatic heterocycles. The molecule has 2 rings (SSSR count). The maximum Gasteiger partial charge on any atom is 0.251 e. The summed E-state index contributed by atoms with van der Waals surface area (Å²) >= 11 is 0. The van der Waals surface area contributed by atoms with Gasteiger partial charge >= 0.3 is 0 Å². The molecule has 1 saturated heterocycles. The minimum atomic E-state index is -0.0120. The van der Waals surface area contributed by atoms with Crippen LogP contribution in [0.3, 0.4) is 0 Å². The lowest BCUT2D eigenvalue weighted by atomic mass is 10.1. The predicted octanol–water partition coefficient (Wildman–Crippen LogP) is 1.36. The maximum absolute atomic E-state index is 12.1. The van der Waals surface area contributed by atoms with Crippen molar-refractivity contribution in [1.82, 2.24) is 10.2 Å². The monoisotopic (exact) mass is 261 g/mol. The summed E-state index contributed by atoms with van der Waals surface area (Å²) < 4.78 is 0. The first-order valence-electron chi connectivity index (χ1n) is 7.01. The van der Waals surface area contributed by atoms with E-state index >= 15 is 0 Å². The van der Waals surface area contributed by atoms with Gasteiger partial charge < -0.3 is 16.0 Å². The van der Waals surface area contributed by atoms with E-state index in [-0.39, 0.29) is 11.9 Å². The van der Waals surface area contributed by atoms with Crippen molar-refractivity contribution in [3.63, 3.8) is 0 Å². The number of hydrogen-bond acceptors (Lipinski definition) is 3. The highest BCUT2D eigenvalue weighted by Crippen LogP contribution is 2.08. The first-order valence-corrected chi connectivity index (χ1v) is 7.01. The second-order valence-corrected chi connectivity index (χ2v) is 5.29. The van der Waals surface area contributed by atoms with E-state index < -0.39 is 0 Å². The molecule has 1 aliphatic heterocycles. The van der Waals surface area contributed by atoms with Gasteiger partial charge in [0.05, 0.1) is 0 Å². The van der Waals surface area contributed by atoms with Crippen LogP contribution in [0.15, 0.2) is 24.3 Å². The molecule has 3 N–H and O–H groups in total. The first kappa shape index (κ1) is 14.0. The molecule has 1 unspecified atom stereocenters. The van der Waals surface area contributed by atoms with Gasteiger partial charge in [0.2, 0.25) is 0 Å². The molecule has 1 atom stereocenters. The highest BCUT2D eigenvalue weighted by molar-refractivity contribution is 5.94. The van der Waals surface area contributed by atoms with Crippen molar-refractivity contribution < 1.29 is 4.79 Å². The van der Waals surface area contributed by atoms with Crippen LogP contribution in [-0.4, -0.2) is 36.5 Å². The number of rotatable bonds is 5. The molecular formula is C15H23N3O. The van der Waals surface area contributed by atoms with Crippen LogP contribution in [0.2, 0.25) is 0 Å². The SMILES string of the molecule is CC(CN1CCCC1)NC(=O)c1cccc(CN)c1. The van der Waals surface area contributed by atoms with Crippen LogP contribution in [-0.2, 0) is 6.54 Å². The van der Waals surface area contributed by atoms with Crippen LogP contribution < -0.4 is 11.1 Å². The first-order chi connectivity index (χ1) is 9.19. The van der Waals surface area contributed by atoms with Crippen LogP contribution >= 0.6 is 0 Å². The van der Waals surface area contributed by atoms with Crippen molar-refractivity contribution in [2.75, 3.05) is 19.6 Å². The molecule has 4 nitrogen and oxygen atoms in total. The van der Waals surface area contributed by atoms with E-state index in [0.29, 0.717) is 12.1 Å². The number of carbonyl (C=O) groups excluding carboxylic acids is 1. The number of nitrogens with two attached hydrogens (primary N) is 1. The second kappa shape index (κ2) is 6.68. The molecule has 1 aromatic carbocycles. The van der Waals surface area contributed by atoms with Gasteiger partial charge in [-0.2, -0.15) is 0 Å². The van der Waals surface area contributed by atoms with E-state index in [1.165, 1.54) is 12.8 Å². The zero-order chi connectivity index (χ0) is 13.7. The van der Waals surface area contributed by atoms with Gasteiger partial charge in [-0.05, 0) is 50.6 Å². The Hall–Kier alpha value is -1.39. The van der Waals surface area contributed by atoms with Crippen molar-refractivity contribution in [3.8, 4) is 0 Å². The smallest absolute Gasteiger partial charge is 0.251 e. The van der Waals surface area contributed by atoms with Gasteiger partial charge in [0, 0.05) is 24.7 Å². The summed E-state index contributed by atoms with van der Waals surface area (Å²) in [6.07, 6.45) is 2.55. The third-order valence-corrected chi connectivity index (χ3v) is 3.53. The number of likely N-dealkylation sites (tertiary alicyclic amines) is 1. The van der Waals surface area contributed by atoms with Gasteiger partial charge in [-0.3, -0.25) is 4.79 Å². The zero-order valence-electron chi connectivity index (χ0n) is 11.6. The van der Waals surface area contributed by atoms with E-state index in [0.717, 1.165) is 25.2 Å². The average molecular weight is 261 g/mol. The summed E-state index contributed by atoms with van der Waals surface area (Å²) in [6.45, 7) is 5.77. The Morgan fingerprint density at radius 1 is 1.42 bits per heavy atom. The van der Waals surface area contributed by atoms with E-state index in [4.69, 9.17) is 5.73 Å². The van der Waals surface area contributed by atoms with Crippen molar-refractivity contribution in [1.29, 1.82) is 0 Å². The summed E-state index contributed by atoms with van der Waals surface area (Å²) in [5, 5.41) is 3.05. The summed E-state index contributed by atoms with van der Waals surface area (Å²) in [5.74, 6) is -0.0120. The van der Waals surface area contributed by atoms with E-state index in [2.05, 4.69) is 17.1 Å². The van der Waals surface area contributed by atoms with Crippen LogP contribution in [0.1, 0.15) is 35.7 Å². The van der Waals surface area contributed by atoms with Crippen molar-refractivity contribution in [2.45, 2.75) is 32.4 Å². The molecule has 1 fully saturated rings. The molecule has 19 heavy (non-hydrogen) atoms. The number of nitrogens with zero attached hydrogens (tertiary/aromatic N) is 1. The standard InChI is InChI=1S/C15H23N3O/c1-12(11-18-7-2-3-8-18)17-15(19)14-6-4-5-13(9-14)10-16/h4-6,9,12H,2-3,7-8,10-11,16H2,1H3,(H,17,19). The normalized spacial score (nSPS) is 17.4. The molecule has 0 radical (unpaired) electrons. The van der Waals surface area contributed by atoms with Gasteiger partial charge in [-0.1, -0.05) is 12.1 Å². The van der Waals surface area contributed by atoms with Gasteiger partial charge in [0.25, 0.3) is 5.91 Å². The fourth-order valence-corrected chi connectivity index (χ4v) is 2.54. The molecular weight excluding hydrogens is 238 g/mol. The van der Waals surface area contributed by atoms with E-state index in [9.17, 15) is 4.79 Å². The lowest BCUT2D eigenvalue weighted by Crippen LogP contribution is -2.41. The fourth-order valence-electron chi connectivity index (χ4n) is 2.54. The Labute approximate surface area is 115 Å². The average Bonchev–Trinajstić information content (AvgIpc) is 2.91. The molecule has 0 spiro atoms. The largest absolute Gasteiger partial charge is 0.348 e. The van der Waals surface area contributed by atoms with Crippen molar-refractivity contribution in [2.24, 2.45) is 5.73 Å². The highest BCUT2D eigenvalue weighted by atomic mass is 16.1. The maximum atomic E-state index is 12.1. The summed E-state index contributed by atoms with van der Waals surface area (Å²) in [6, 6.07) is 7.67.